The SMILES string of the molecule is CCc1nc(CC)n(C2CC(C(C)(C)CC)CCC2N)n1. The Labute approximate surface area is 129 Å². The molecule has 0 aliphatic heterocycles. The van der Waals surface area contributed by atoms with Crippen LogP contribution in [0.25, 0.3) is 0 Å². The van der Waals surface area contributed by atoms with Crippen molar-refractivity contribution in [2.24, 2.45) is 17.1 Å². The highest BCUT2D eigenvalue weighted by molar-refractivity contribution is 4.99. The second kappa shape index (κ2) is 6.47. The minimum absolute atomic E-state index is 0.214. The Kier molecular flexibility index (Phi) is 5.07. The Morgan fingerprint density at radius 2 is 1.90 bits per heavy atom. The topological polar surface area (TPSA) is 56.7 Å². The normalized spacial score (nSPS) is 27.0. The highest BCUT2D eigenvalue weighted by Gasteiger charge is 2.37. The number of aryl methyl sites for hydroxylation is 2. The molecule has 1 aliphatic rings. The van der Waals surface area contributed by atoms with Gasteiger partial charge in [0.15, 0.2) is 5.82 Å². The van der Waals surface area contributed by atoms with Crippen LogP contribution >= 0.6 is 0 Å². The van der Waals surface area contributed by atoms with Gasteiger partial charge in [-0.1, -0.05) is 41.0 Å². The van der Waals surface area contributed by atoms with Crippen LogP contribution < -0.4 is 5.73 Å². The van der Waals surface area contributed by atoms with Crippen molar-refractivity contribution in [2.75, 3.05) is 0 Å². The second-order valence-corrected chi connectivity index (χ2v) is 7.18. The van der Waals surface area contributed by atoms with Crippen LogP contribution in [0.15, 0.2) is 0 Å². The van der Waals surface area contributed by atoms with E-state index in [0.717, 1.165) is 43.3 Å². The van der Waals surface area contributed by atoms with E-state index in [1.54, 1.807) is 0 Å². The van der Waals surface area contributed by atoms with Gasteiger partial charge in [0.2, 0.25) is 0 Å². The maximum Gasteiger partial charge on any atom is 0.150 e. The van der Waals surface area contributed by atoms with Crippen LogP contribution in [0.2, 0.25) is 0 Å². The quantitative estimate of drug-likeness (QED) is 0.903. The van der Waals surface area contributed by atoms with Crippen molar-refractivity contribution in [1.82, 2.24) is 14.8 Å². The first-order valence-corrected chi connectivity index (χ1v) is 8.62. The summed E-state index contributed by atoms with van der Waals surface area (Å²) in [5.74, 6) is 2.78. The standard InChI is InChI=1S/C17H32N4/c1-6-15-19-16(7-2)21(20-15)14-11-12(9-10-13(14)18)17(4,5)8-3/h12-14H,6-11,18H2,1-5H3. The third-order valence-electron chi connectivity index (χ3n) is 5.58. The summed E-state index contributed by atoms with van der Waals surface area (Å²) in [5, 5.41) is 4.74. The highest BCUT2D eigenvalue weighted by atomic mass is 15.4. The van der Waals surface area contributed by atoms with Gasteiger partial charge in [-0.2, -0.15) is 5.10 Å². The molecule has 0 radical (unpaired) electrons. The monoisotopic (exact) mass is 292 g/mol. The second-order valence-electron chi connectivity index (χ2n) is 7.18. The first-order chi connectivity index (χ1) is 9.92. The van der Waals surface area contributed by atoms with Gasteiger partial charge in [-0.15, -0.1) is 0 Å². The van der Waals surface area contributed by atoms with E-state index in [1.807, 2.05) is 0 Å². The fraction of sp³-hybridized carbons (Fsp3) is 0.882. The Morgan fingerprint density at radius 1 is 1.19 bits per heavy atom. The largest absolute Gasteiger partial charge is 0.326 e. The summed E-state index contributed by atoms with van der Waals surface area (Å²) < 4.78 is 2.15. The third kappa shape index (κ3) is 3.31. The maximum atomic E-state index is 6.44. The number of aromatic nitrogens is 3. The lowest BCUT2D eigenvalue weighted by atomic mass is 9.67. The molecule has 1 fully saturated rings. The third-order valence-corrected chi connectivity index (χ3v) is 5.58. The van der Waals surface area contributed by atoms with Crippen LogP contribution in [0, 0.1) is 11.3 Å². The molecule has 4 heteroatoms. The average Bonchev–Trinajstić information content (AvgIpc) is 2.90. The van der Waals surface area contributed by atoms with Gasteiger partial charge in [0.05, 0.1) is 6.04 Å². The Morgan fingerprint density at radius 3 is 2.48 bits per heavy atom. The van der Waals surface area contributed by atoms with E-state index in [4.69, 9.17) is 10.8 Å². The molecule has 2 N–H and O–H groups in total. The van der Waals surface area contributed by atoms with E-state index in [2.05, 4.69) is 44.3 Å². The summed E-state index contributed by atoms with van der Waals surface area (Å²) in [4.78, 5) is 4.66. The molecule has 21 heavy (non-hydrogen) atoms. The number of rotatable bonds is 5. The molecule has 1 aliphatic carbocycles. The molecule has 1 saturated carbocycles. The van der Waals surface area contributed by atoms with Crippen LogP contribution in [0.4, 0.5) is 0 Å². The summed E-state index contributed by atoms with van der Waals surface area (Å²) in [5.41, 5.74) is 6.83. The minimum Gasteiger partial charge on any atom is -0.326 e. The van der Waals surface area contributed by atoms with Crippen molar-refractivity contribution < 1.29 is 0 Å². The molecule has 2 rings (SSSR count). The summed E-state index contributed by atoms with van der Waals surface area (Å²) in [6.07, 6.45) is 6.53. The number of nitrogens with zero attached hydrogens (tertiary/aromatic N) is 3. The lowest BCUT2D eigenvalue weighted by Gasteiger charge is -2.42. The molecular weight excluding hydrogens is 260 g/mol. The lowest BCUT2D eigenvalue weighted by molar-refractivity contribution is 0.105. The molecule has 1 aromatic rings. The van der Waals surface area contributed by atoms with Gasteiger partial charge in [0, 0.05) is 18.9 Å². The van der Waals surface area contributed by atoms with E-state index >= 15 is 0 Å². The van der Waals surface area contributed by atoms with Gasteiger partial charge in [0.1, 0.15) is 5.82 Å². The van der Waals surface area contributed by atoms with Gasteiger partial charge >= 0.3 is 0 Å². The van der Waals surface area contributed by atoms with Crippen molar-refractivity contribution in [2.45, 2.75) is 85.2 Å². The molecule has 0 amide bonds. The minimum atomic E-state index is 0.214. The van der Waals surface area contributed by atoms with Gasteiger partial charge < -0.3 is 5.73 Å². The van der Waals surface area contributed by atoms with E-state index in [9.17, 15) is 0 Å². The van der Waals surface area contributed by atoms with Crippen molar-refractivity contribution in [3.63, 3.8) is 0 Å². The van der Waals surface area contributed by atoms with Crippen molar-refractivity contribution in [3.8, 4) is 0 Å². The van der Waals surface area contributed by atoms with Crippen LogP contribution in [0.5, 0.6) is 0 Å². The smallest absolute Gasteiger partial charge is 0.150 e. The molecule has 0 bridgehead atoms. The predicted molar refractivity (Wildman–Crippen MR) is 87.2 cm³/mol. The molecule has 120 valence electrons. The molecule has 1 heterocycles. The summed E-state index contributed by atoms with van der Waals surface area (Å²) in [6.45, 7) is 11.4. The summed E-state index contributed by atoms with van der Waals surface area (Å²) >= 11 is 0. The highest BCUT2D eigenvalue weighted by Crippen LogP contribution is 2.43. The molecule has 0 aromatic carbocycles. The van der Waals surface area contributed by atoms with Crippen LogP contribution in [-0.4, -0.2) is 20.8 Å². The van der Waals surface area contributed by atoms with E-state index in [0.29, 0.717) is 11.5 Å². The summed E-state index contributed by atoms with van der Waals surface area (Å²) in [7, 11) is 0. The van der Waals surface area contributed by atoms with Crippen LogP contribution in [0.3, 0.4) is 0 Å². The summed E-state index contributed by atoms with van der Waals surface area (Å²) in [6, 6.07) is 0.530. The average molecular weight is 292 g/mol. The van der Waals surface area contributed by atoms with Gasteiger partial charge in [-0.05, 0) is 30.6 Å². The number of hydrogen-bond acceptors (Lipinski definition) is 3. The first-order valence-electron chi connectivity index (χ1n) is 8.62. The maximum absolute atomic E-state index is 6.44. The van der Waals surface area contributed by atoms with Crippen molar-refractivity contribution >= 4 is 0 Å². The van der Waals surface area contributed by atoms with Crippen molar-refractivity contribution in [1.29, 1.82) is 0 Å². The zero-order valence-electron chi connectivity index (χ0n) is 14.4. The predicted octanol–water partition coefficient (Wildman–Crippen LogP) is 3.51. The molecule has 0 saturated heterocycles. The molecule has 1 aromatic heterocycles. The number of nitrogens with two attached hydrogens (primary N) is 1. The lowest BCUT2D eigenvalue weighted by Crippen LogP contribution is -2.42. The molecular formula is C17H32N4. The molecule has 0 spiro atoms. The van der Waals surface area contributed by atoms with Crippen LogP contribution in [-0.2, 0) is 12.8 Å². The van der Waals surface area contributed by atoms with Gasteiger partial charge in [-0.3, -0.25) is 0 Å². The molecule has 3 unspecified atom stereocenters. The Bertz CT molecular complexity index is 463. The van der Waals surface area contributed by atoms with E-state index in [1.165, 1.54) is 12.8 Å². The van der Waals surface area contributed by atoms with Crippen molar-refractivity contribution in [3.05, 3.63) is 11.6 Å². The Balaban J connectivity index is 2.26. The first kappa shape index (κ1) is 16.5. The molecule has 3 atom stereocenters. The van der Waals surface area contributed by atoms with E-state index in [-0.39, 0.29) is 6.04 Å². The molecule has 4 nitrogen and oxygen atoms in total. The zero-order chi connectivity index (χ0) is 15.6. The fourth-order valence-corrected chi connectivity index (χ4v) is 3.51. The van der Waals surface area contributed by atoms with Gasteiger partial charge in [-0.25, -0.2) is 9.67 Å². The van der Waals surface area contributed by atoms with Crippen LogP contribution in [0.1, 0.15) is 78.0 Å². The van der Waals surface area contributed by atoms with E-state index < -0.39 is 0 Å². The van der Waals surface area contributed by atoms with Gasteiger partial charge in [0.25, 0.3) is 0 Å². The Hall–Kier alpha value is -0.900. The fourth-order valence-electron chi connectivity index (χ4n) is 3.51. The number of hydrogen-bond donors (Lipinski definition) is 1. The zero-order valence-corrected chi connectivity index (χ0v) is 14.4.